The Kier molecular flexibility index (Phi) is 6.00. The van der Waals surface area contributed by atoms with Crippen LogP contribution in [-0.2, 0) is 21.6 Å². The van der Waals surface area contributed by atoms with Gasteiger partial charge in [-0.05, 0) is 43.7 Å². The van der Waals surface area contributed by atoms with Crippen molar-refractivity contribution in [3.63, 3.8) is 0 Å². The molecular formula is C20H23NO5. The number of aromatic carboxylic acids is 1. The van der Waals surface area contributed by atoms with Gasteiger partial charge in [-0.25, -0.2) is 4.79 Å². The molecule has 0 aliphatic rings. The summed E-state index contributed by atoms with van der Waals surface area (Å²) >= 11 is 0. The van der Waals surface area contributed by atoms with Crippen LogP contribution < -0.4 is 10.1 Å². The molecule has 2 aromatic carbocycles. The molecule has 0 aliphatic heterocycles. The lowest BCUT2D eigenvalue weighted by atomic mass is 9.83. The predicted molar refractivity (Wildman–Crippen MR) is 98.8 cm³/mol. The van der Waals surface area contributed by atoms with Gasteiger partial charge in [0.25, 0.3) is 0 Å². The van der Waals surface area contributed by atoms with Crippen molar-refractivity contribution in [1.29, 1.82) is 0 Å². The normalized spacial score (nSPS) is 11.1. The highest BCUT2D eigenvalue weighted by Gasteiger charge is 2.32. The Hall–Kier alpha value is -2.86. The van der Waals surface area contributed by atoms with Gasteiger partial charge in [0, 0.05) is 18.4 Å². The van der Waals surface area contributed by atoms with E-state index in [1.807, 2.05) is 18.2 Å². The molecule has 6 nitrogen and oxygen atoms in total. The van der Waals surface area contributed by atoms with E-state index in [0.717, 1.165) is 5.56 Å². The maximum absolute atomic E-state index is 12.9. The molecule has 138 valence electrons. The standard InChI is InChI=1S/C20H23NO5/c1-20(2,16-7-5-6-8-17(16)26-4)19(24)21-15-10-13(12-25-3)9-14(11-15)18(22)23/h5-11H,12H2,1-4H3,(H,21,24)(H,22,23). The predicted octanol–water partition coefficient (Wildman–Crippen LogP) is 3.46. The van der Waals surface area contributed by atoms with Crippen LogP contribution in [0, 0.1) is 0 Å². The molecule has 2 aromatic rings. The largest absolute Gasteiger partial charge is 0.496 e. The van der Waals surface area contributed by atoms with E-state index in [0.29, 0.717) is 17.0 Å². The second-order valence-electron chi connectivity index (χ2n) is 6.44. The van der Waals surface area contributed by atoms with E-state index in [9.17, 15) is 14.7 Å². The molecule has 0 fully saturated rings. The van der Waals surface area contributed by atoms with Crippen LogP contribution in [0.2, 0.25) is 0 Å². The van der Waals surface area contributed by atoms with E-state index >= 15 is 0 Å². The summed E-state index contributed by atoms with van der Waals surface area (Å²) in [5, 5.41) is 12.1. The van der Waals surface area contributed by atoms with Gasteiger partial charge in [-0.3, -0.25) is 4.79 Å². The van der Waals surface area contributed by atoms with Crippen molar-refractivity contribution in [3.05, 3.63) is 59.2 Å². The fraction of sp³-hybridized carbons (Fsp3) is 0.300. The zero-order valence-electron chi connectivity index (χ0n) is 15.3. The van der Waals surface area contributed by atoms with E-state index in [4.69, 9.17) is 9.47 Å². The van der Waals surface area contributed by atoms with E-state index in [1.165, 1.54) is 19.2 Å². The number of carbonyl (C=O) groups is 2. The highest BCUT2D eigenvalue weighted by Crippen LogP contribution is 2.32. The van der Waals surface area contributed by atoms with Crippen LogP contribution in [0.25, 0.3) is 0 Å². The molecular weight excluding hydrogens is 334 g/mol. The van der Waals surface area contributed by atoms with Crippen molar-refractivity contribution >= 4 is 17.6 Å². The van der Waals surface area contributed by atoms with Crippen molar-refractivity contribution in [2.45, 2.75) is 25.9 Å². The van der Waals surface area contributed by atoms with Crippen molar-refractivity contribution in [2.75, 3.05) is 19.5 Å². The van der Waals surface area contributed by atoms with Gasteiger partial charge in [0.2, 0.25) is 5.91 Å². The molecule has 0 saturated heterocycles. The molecule has 0 unspecified atom stereocenters. The van der Waals surface area contributed by atoms with Gasteiger partial charge in [0.1, 0.15) is 5.75 Å². The number of anilines is 1. The van der Waals surface area contributed by atoms with E-state index in [2.05, 4.69) is 5.32 Å². The molecule has 0 heterocycles. The van der Waals surface area contributed by atoms with Gasteiger partial charge in [-0.15, -0.1) is 0 Å². The minimum absolute atomic E-state index is 0.0879. The number of methoxy groups -OCH3 is 2. The summed E-state index contributed by atoms with van der Waals surface area (Å²) in [6.07, 6.45) is 0. The van der Waals surface area contributed by atoms with Crippen LogP contribution in [0.5, 0.6) is 5.75 Å². The van der Waals surface area contributed by atoms with Gasteiger partial charge in [-0.1, -0.05) is 18.2 Å². The smallest absolute Gasteiger partial charge is 0.335 e. The van der Waals surface area contributed by atoms with Crippen LogP contribution in [0.1, 0.15) is 35.3 Å². The molecule has 0 radical (unpaired) electrons. The molecule has 0 spiro atoms. The average molecular weight is 357 g/mol. The number of carbonyl (C=O) groups excluding carboxylic acids is 1. The Balaban J connectivity index is 2.35. The topological polar surface area (TPSA) is 84.9 Å². The number of amides is 1. The Morgan fingerprint density at radius 2 is 1.81 bits per heavy atom. The summed E-state index contributed by atoms with van der Waals surface area (Å²) < 4.78 is 10.4. The maximum Gasteiger partial charge on any atom is 0.335 e. The summed E-state index contributed by atoms with van der Waals surface area (Å²) in [4.78, 5) is 24.2. The fourth-order valence-corrected chi connectivity index (χ4v) is 2.71. The van der Waals surface area contributed by atoms with Crippen molar-refractivity contribution in [2.24, 2.45) is 0 Å². The first kappa shape index (κ1) is 19.5. The number of hydrogen-bond acceptors (Lipinski definition) is 4. The van der Waals surface area contributed by atoms with Crippen molar-refractivity contribution in [1.82, 2.24) is 0 Å². The first-order valence-corrected chi connectivity index (χ1v) is 8.10. The van der Waals surface area contributed by atoms with Gasteiger partial charge in [0.15, 0.2) is 0 Å². The van der Waals surface area contributed by atoms with Crippen LogP contribution in [0.3, 0.4) is 0 Å². The van der Waals surface area contributed by atoms with E-state index < -0.39 is 11.4 Å². The molecule has 0 aromatic heterocycles. The number of ether oxygens (including phenoxy) is 2. The summed E-state index contributed by atoms with van der Waals surface area (Å²) in [7, 11) is 3.08. The van der Waals surface area contributed by atoms with Gasteiger partial charge in [-0.2, -0.15) is 0 Å². The third-order valence-electron chi connectivity index (χ3n) is 4.16. The number of carboxylic acid groups (broad SMARTS) is 1. The first-order chi connectivity index (χ1) is 12.3. The molecule has 0 saturated carbocycles. The number of para-hydroxylation sites is 1. The lowest BCUT2D eigenvalue weighted by Crippen LogP contribution is -2.35. The quantitative estimate of drug-likeness (QED) is 0.793. The number of benzene rings is 2. The Morgan fingerprint density at radius 1 is 1.12 bits per heavy atom. The maximum atomic E-state index is 12.9. The summed E-state index contributed by atoms with van der Waals surface area (Å²) in [6, 6.07) is 12.0. The van der Waals surface area contributed by atoms with E-state index in [1.54, 1.807) is 33.1 Å². The first-order valence-electron chi connectivity index (χ1n) is 8.10. The molecule has 6 heteroatoms. The number of carboxylic acids is 1. The van der Waals surface area contributed by atoms with Crippen molar-refractivity contribution in [3.8, 4) is 5.75 Å². The monoisotopic (exact) mass is 357 g/mol. The molecule has 2 rings (SSSR count). The molecule has 26 heavy (non-hydrogen) atoms. The van der Waals surface area contributed by atoms with Crippen molar-refractivity contribution < 1.29 is 24.2 Å². The Bertz CT molecular complexity index is 814. The summed E-state index contributed by atoms with van der Waals surface area (Å²) in [6.45, 7) is 3.83. The number of hydrogen-bond donors (Lipinski definition) is 2. The summed E-state index contributed by atoms with van der Waals surface area (Å²) in [5.74, 6) is -0.720. The SMILES string of the molecule is COCc1cc(NC(=O)C(C)(C)c2ccccc2OC)cc(C(=O)O)c1. The average Bonchev–Trinajstić information content (AvgIpc) is 2.61. The van der Waals surface area contributed by atoms with Gasteiger partial charge >= 0.3 is 5.97 Å². The molecule has 0 bridgehead atoms. The van der Waals surface area contributed by atoms with E-state index in [-0.39, 0.29) is 18.1 Å². The number of rotatable bonds is 7. The molecule has 0 atom stereocenters. The lowest BCUT2D eigenvalue weighted by Gasteiger charge is -2.26. The number of nitrogens with one attached hydrogen (secondary N) is 1. The van der Waals surface area contributed by atoms with Crippen LogP contribution in [0.4, 0.5) is 5.69 Å². The lowest BCUT2D eigenvalue weighted by molar-refractivity contribution is -0.120. The Labute approximate surface area is 152 Å². The minimum Gasteiger partial charge on any atom is -0.496 e. The van der Waals surface area contributed by atoms with Gasteiger partial charge in [0.05, 0.1) is 24.7 Å². The third kappa shape index (κ3) is 4.21. The Morgan fingerprint density at radius 3 is 2.42 bits per heavy atom. The molecule has 2 N–H and O–H groups in total. The zero-order valence-corrected chi connectivity index (χ0v) is 15.3. The minimum atomic E-state index is -1.07. The highest BCUT2D eigenvalue weighted by atomic mass is 16.5. The molecule has 0 aliphatic carbocycles. The molecule has 1 amide bonds. The fourth-order valence-electron chi connectivity index (χ4n) is 2.71. The summed E-state index contributed by atoms with van der Waals surface area (Å²) in [5.41, 5.74) is 1.02. The second kappa shape index (κ2) is 8.01. The van der Waals surface area contributed by atoms with Crippen LogP contribution in [-0.4, -0.2) is 31.2 Å². The zero-order chi connectivity index (χ0) is 19.3. The highest BCUT2D eigenvalue weighted by molar-refractivity contribution is 6.00. The third-order valence-corrected chi connectivity index (χ3v) is 4.16. The van der Waals surface area contributed by atoms with Crippen LogP contribution >= 0.6 is 0 Å². The second-order valence-corrected chi connectivity index (χ2v) is 6.44. The van der Waals surface area contributed by atoms with Gasteiger partial charge < -0.3 is 19.9 Å². The van der Waals surface area contributed by atoms with Crippen LogP contribution in [0.15, 0.2) is 42.5 Å².